The van der Waals surface area contributed by atoms with Crippen LogP contribution >= 0.6 is 0 Å². The molecule has 0 aromatic heterocycles. The van der Waals surface area contributed by atoms with Crippen LogP contribution in [0.5, 0.6) is 5.75 Å². The Bertz CT molecular complexity index is 528. The second-order valence-electron chi connectivity index (χ2n) is 6.08. The molecule has 108 valence electrons. The van der Waals surface area contributed by atoms with Crippen LogP contribution in [0.1, 0.15) is 17.5 Å². The molecule has 2 aliphatic rings. The van der Waals surface area contributed by atoms with Gasteiger partial charge < -0.3 is 14.7 Å². The summed E-state index contributed by atoms with van der Waals surface area (Å²) in [5.74, 6) is 0.671. The van der Waals surface area contributed by atoms with Gasteiger partial charge in [0.1, 0.15) is 5.75 Å². The van der Waals surface area contributed by atoms with Crippen molar-refractivity contribution >= 4 is 5.97 Å². The fraction of sp³-hybridized carbons (Fsp3) is 0.562. The summed E-state index contributed by atoms with van der Waals surface area (Å²) in [5.41, 5.74) is 2.55. The topological polar surface area (TPSA) is 49.8 Å². The predicted molar refractivity (Wildman–Crippen MR) is 75.5 cm³/mol. The highest BCUT2D eigenvalue weighted by Gasteiger charge is 2.40. The van der Waals surface area contributed by atoms with E-state index in [-0.39, 0.29) is 11.9 Å². The third-order valence-electron chi connectivity index (χ3n) is 4.84. The van der Waals surface area contributed by atoms with Gasteiger partial charge in [0.05, 0.1) is 13.0 Å². The van der Waals surface area contributed by atoms with E-state index in [1.165, 1.54) is 18.2 Å². The number of likely N-dealkylation sites (tertiary alicyclic amines) is 1. The number of phenols is 1. The molecule has 1 aliphatic heterocycles. The number of piperidine rings is 1. The van der Waals surface area contributed by atoms with Crippen molar-refractivity contribution in [1.29, 1.82) is 0 Å². The molecule has 3 atom stereocenters. The zero-order chi connectivity index (χ0) is 14.3. The van der Waals surface area contributed by atoms with Gasteiger partial charge in [0.15, 0.2) is 0 Å². The minimum atomic E-state index is -0.1000. The molecule has 20 heavy (non-hydrogen) atoms. The Morgan fingerprint density at radius 2 is 2.15 bits per heavy atom. The molecule has 0 amide bonds. The van der Waals surface area contributed by atoms with Gasteiger partial charge in [-0.2, -0.15) is 0 Å². The van der Waals surface area contributed by atoms with Gasteiger partial charge >= 0.3 is 5.97 Å². The number of benzene rings is 1. The van der Waals surface area contributed by atoms with Crippen molar-refractivity contribution in [2.24, 2.45) is 11.8 Å². The number of rotatable bonds is 1. The molecule has 0 radical (unpaired) electrons. The Kier molecular flexibility index (Phi) is 3.42. The van der Waals surface area contributed by atoms with Crippen LogP contribution in [-0.4, -0.2) is 42.7 Å². The first-order valence-corrected chi connectivity index (χ1v) is 7.17. The lowest BCUT2D eigenvalue weighted by molar-refractivity contribution is -0.149. The van der Waals surface area contributed by atoms with Gasteiger partial charge in [-0.25, -0.2) is 0 Å². The van der Waals surface area contributed by atoms with E-state index in [1.54, 1.807) is 6.07 Å². The van der Waals surface area contributed by atoms with E-state index in [0.717, 1.165) is 25.8 Å². The maximum Gasteiger partial charge on any atom is 0.309 e. The molecular weight excluding hydrogens is 254 g/mol. The molecular formula is C16H21NO3. The zero-order valence-electron chi connectivity index (χ0n) is 12.0. The van der Waals surface area contributed by atoms with Crippen molar-refractivity contribution in [3.8, 4) is 5.75 Å². The average molecular weight is 275 g/mol. The Balaban J connectivity index is 1.84. The molecule has 1 heterocycles. The Labute approximate surface area is 119 Å². The highest BCUT2D eigenvalue weighted by Crippen LogP contribution is 2.37. The van der Waals surface area contributed by atoms with E-state index in [2.05, 4.69) is 11.9 Å². The summed E-state index contributed by atoms with van der Waals surface area (Å²) in [5, 5.41) is 9.63. The summed E-state index contributed by atoms with van der Waals surface area (Å²) in [4.78, 5) is 14.1. The second-order valence-corrected chi connectivity index (χ2v) is 6.08. The molecule has 3 rings (SSSR count). The molecule has 3 unspecified atom stereocenters. The van der Waals surface area contributed by atoms with Gasteiger partial charge in [0, 0.05) is 12.6 Å². The minimum Gasteiger partial charge on any atom is -0.508 e. The van der Waals surface area contributed by atoms with Gasteiger partial charge in [-0.1, -0.05) is 6.07 Å². The first kappa shape index (κ1) is 13.4. The number of likely N-dealkylation sites (N-methyl/N-ethyl adjacent to an activating group) is 1. The third-order valence-corrected chi connectivity index (χ3v) is 4.84. The van der Waals surface area contributed by atoms with Crippen molar-refractivity contribution in [3.63, 3.8) is 0 Å². The quantitative estimate of drug-likeness (QED) is 0.791. The molecule has 1 aliphatic carbocycles. The van der Waals surface area contributed by atoms with Gasteiger partial charge in [-0.15, -0.1) is 0 Å². The molecule has 0 saturated carbocycles. The Morgan fingerprint density at radius 3 is 2.90 bits per heavy atom. The molecule has 1 N–H and O–H groups in total. The van der Waals surface area contributed by atoms with Crippen LogP contribution in [0.2, 0.25) is 0 Å². The normalized spacial score (nSPS) is 29.4. The smallest absolute Gasteiger partial charge is 0.309 e. The van der Waals surface area contributed by atoms with E-state index in [0.29, 0.717) is 17.7 Å². The number of esters is 1. The lowest BCUT2D eigenvalue weighted by Gasteiger charge is -2.45. The first-order chi connectivity index (χ1) is 9.58. The highest BCUT2D eigenvalue weighted by molar-refractivity contribution is 5.72. The first-order valence-electron chi connectivity index (χ1n) is 7.17. The molecule has 1 fully saturated rings. The van der Waals surface area contributed by atoms with Crippen LogP contribution in [0.15, 0.2) is 18.2 Å². The van der Waals surface area contributed by atoms with Crippen molar-refractivity contribution in [1.82, 2.24) is 4.90 Å². The maximum atomic E-state index is 11.8. The van der Waals surface area contributed by atoms with E-state index in [9.17, 15) is 9.90 Å². The Hall–Kier alpha value is -1.55. The lowest BCUT2D eigenvalue weighted by atomic mass is 9.73. The van der Waals surface area contributed by atoms with Crippen LogP contribution in [0, 0.1) is 11.8 Å². The summed E-state index contributed by atoms with van der Waals surface area (Å²) in [6.07, 6.45) is 2.83. The molecule has 4 heteroatoms. The van der Waals surface area contributed by atoms with Crippen LogP contribution in [0.3, 0.4) is 0 Å². The summed E-state index contributed by atoms with van der Waals surface area (Å²) < 4.78 is 4.90. The number of ether oxygens (including phenoxy) is 1. The molecule has 4 nitrogen and oxygen atoms in total. The van der Waals surface area contributed by atoms with Crippen molar-refractivity contribution in [2.75, 3.05) is 20.7 Å². The van der Waals surface area contributed by atoms with E-state index < -0.39 is 0 Å². The number of hydrogen-bond acceptors (Lipinski definition) is 4. The summed E-state index contributed by atoms with van der Waals surface area (Å²) in [7, 11) is 3.56. The largest absolute Gasteiger partial charge is 0.508 e. The standard InChI is InChI=1S/C16H21NO3/c1-17-9-13(16(19)20-2)6-12-5-11-7-14(18)4-3-10(11)8-15(12)17/h3-4,7,12-13,15,18H,5-6,8-9H2,1-2H3. The predicted octanol–water partition coefficient (Wildman–Crippen LogP) is 1.60. The molecule has 0 spiro atoms. The molecule has 1 aromatic rings. The van der Waals surface area contributed by atoms with Crippen LogP contribution < -0.4 is 0 Å². The van der Waals surface area contributed by atoms with Gasteiger partial charge in [-0.3, -0.25) is 4.79 Å². The van der Waals surface area contributed by atoms with Crippen molar-refractivity contribution in [2.45, 2.75) is 25.3 Å². The van der Waals surface area contributed by atoms with Crippen LogP contribution in [0.4, 0.5) is 0 Å². The van der Waals surface area contributed by atoms with Gasteiger partial charge in [0.2, 0.25) is 0 Å². The third kappa shape index (κ3) is 2.29. The summed E-state index contributed by atoms with van der Waals surface area (Å²) in [6.45, 7) is 0.779. The van der Waals surface area contributed by atoms with Crippen molar-refractivity contribution in [3.05, 3.63) is 29.3 Å². The van der Waals surface area contributed by atoms with Crippen LogP contribution in [-0.2, 0) is 22.4 Å². The molecule has 1 aromatic carbocycles. The Morgan fingerprint density at radius 1 is 1.35 bits per heavy atom. The number of phenolic OH excluding ortho intramolecular Hbond substituents is 1. The fourth-order valence-corrected chi connectivity index (χ4v) is 3.83. The average Bonchev–Trinajstić information content (AvgIpc) is 2.44. The summed E-state index contributed by atoms with van der Waals surface area (Å²) >= 11 is 0. The minimum absolute atomic E-state index is 0.0230. The lowest BCUT2D eigenvalue weighted by Crippen LogP contribution is -2.51. The SMILES string of the molecule is COC(=O)C1CC2Cc3cc(O)ccc3CC2N(C)C1. The number of aromatic hydroxyl groups is 1. The van der Waals surface area contributed by atoms with Crippen LogP contribution in [0.25, 0.3) is 0 Å². The number of methoxy groups -OCH3 is 1. The number of nitrogens with zero attached hydrogens (tertiary/aromatic N) is 1. The monoisotopic (exact) mass is 275 g/mol. The van der Waals surface area contributed by atoms with Gasteiger partial charge in [0.25, 0.3) is 0 Å². The molecule has 1 saturated heterocycles. The highest BCUT2D eigenvalue weighted by atomic mass is 16.5. The van der Waals surface area contributed by atoms with E-state index >= 15 is 0 Å². The fourth-order valence-electron chi connectivity index (χ4n) is 3.83. The number of carbonyl (C=O) groups excluding carboxylic acids is 1. The molecule has 0 bridgehead atoms. The van der Waals surface area contributed by atoms with Gasteiger partial charge in [-0.05, 0) is 55.5 Å². The number of fused-ring (bicyclic) bond motifs is 2. The number of carbonyl (C=O) groups is 1. The van der Waals surface area contributed by atoms with E-state index in [4.69, 9.17) is 4.74 Å². The van der Waals surface area contributed by atoms with E-state index in [1.807, 2.05) is 12.1 Å². The second kappa shape index (κ2) is 5.09. The summed E-state index contributed by atoms with van der Waals surface area (Å²) in [6, 6.07) is 6.15. The van der Waals surface area contributed by atoms with Crippen molar-refractivity contribution < 1.29 is 14.6 Å². The number of hydrogen-bond donors (Lipinski definition) is 1. The zero-order valence-corrected chi connectivity index (χ0v) is 12.0. The maximum absolute atomic E-state index is 11.8.